The lowest BCUT2D eigenvalue weighted by molar-refractivity contribution is -0.384. The van der Waals surface area contributed by atoms with E-state index in [9.17, 15) is 10.1 Å². The summed E-state index contributed by atoms with van der Waals surface area (Å²) in [4.78, 5) is 14.5. The first-order chi connectivity index (χ1) is 8.74. The zero-order valence-electron chi connectivity index (χ0n) is 8.94. The minimum atomic E-state index is -0.442. The number of nitrogens with one attached hydrogen (secondary N) is 1. The normalized spacial score (nSPS) is 10.7. The Labute approximate surface area is 99.8 Å². The average molecular weight is 242 g/mol. The first-order valence-corrected chi connectivity index (χ1v) is 5.02. The van der Waals surface area contributed by atoms with Crippen molar-refractivity contribution < 1.29 is 4.92 Å². The van der Waals surface area contributed by atoms with Gasteiger partial charge in [-0.3, -0.25) is 15.1 Å². The van der Waals surface area contributed by atoms with Gasteiger partial charge in [0.2, 0.25) is 0 Å². The largest absolute Gasteiger partial charge is 0.270 e. The van der Waals surface area contributed by atoms with Gasteiger partial charge in [0.05, 0.1) is 10.4 Å². The monoisotopic (exact) mass is 242 g/mol. The lowest BCUT2D eigenvalue weighted by Crippen LogP contribution is -1.89. The highest BCUT2D eigenvalue weighted by Gasteiger charge is 2.09. The first kappa shape index (κ1) is 10.3. The SMILES string of the molecule is O=[N+]([O-])c1ccc2ncc(-c3nnn[nH]3)cc2c1. The van der Waals surface area contributed by atoms with Crippen molar-refractivity contribution in [2.75, 3.05) is 0 Å². The molecule has 2 aromatic heterocycles. The van der Waals surface area contributed by atoms with Crippen molar-refractivity contribution in [3.8, 4) is 11.4 Å². The number of benzene rings is 1. The van der Waals surface area contributed by atoms with Gasteiger partial charge in [-0.2, -0.15) is 0 Å². The van der Waals surface area contributed by atoms with E-state index in [1.54, 1.807) is 18.3 Å². The number of pyridine rings is 1. The molecule has 0 unspecified atom stereocenters. The molecular weight excluding hydrogens is 236 g/mol. The number of nitro groups is 1. The van der Waals surface area contributed by atoms with Crippen LogP contribution in [0.3, 0.4) is 0 Å². The highest BCUT2D eigenvalue weighted by molar-refractivity contribution is 5.84. The van der Waals surface area contributed by atoms with Gasteiger partial charge in [-0.05, 0) is 22.6 Å². The predicted octanol–water partition coefficient (Wildman–Crippen LogP) is 1.32. The van der Waals surface area contributed by atoms with Gasteiger partial charge in [0.15, 0.2) is 5.82 Å². The molecule has 0 aliphatic carbocycles. The molecule has 0 atom stereocenters. The number of non-ortho nitro benzene ring substituents is 1. The fraction of sp³-hybridized carbons (Fsp3) is 0. The summed E-state index contributed by atoms with van der Waals surface area (Å²) < 4.78 is 0. The van der Waals surface area contributed by atoms with Crippen molar-refractivity contribution in [2.24, 2.45) is 0 Å². The van der Waals surface area contributed by atoms with Crippen molar-refractivity contribution in [1.82, 2.24) is 25.6 Å². The number of aromatic amines is 1. The summed E-state index contributed by atoms with van der Waals surface area (Å²) in [7, 11) is 0. The third-order valence-corrected chi connectivity index (χ3v) is 2.49. The average Bonchev–Trinajstić information content (AvgIpc) is 2.91. The molecule has 2 heterocycles. The molecule has 1 aromatic carbocycles. The maximum absolute atomic E-state index is 10.7. The summed E-state index contributed by atoms with van der Waals surface area (Å²) in [6, 6.07) is 6.24. The number of tetrazole rings is 1. The molecule has 3 aromatic rings. The smallest absolute Gasteiger partial charge is 0.258 e. The summed E-state index contributed by atoms with van der Waals surface area (Å²) in [6.07, 6.45) is 1.61. The van der Waals surface area contributed by atoms with Crippen LogP contribution in [0.2, 0.25) is 0 Å². The van der Waals surface area contributed by atoms with Gasteiger partial charge in [-0.1, -0.05) is 0 Å². The van der Waals surface area contributed by atoms with Crippen molar-refractivity contribution in [1.29, 1.82) is 0 Å². The van der Waals surface area contributed by atoms with Crippen LogP contribution in [0.4, 0.5) is 5.69 Å². The second kappa shape index (κ2) is 3.84. The summed E-state index contributed by atoms with van der Waals surface area (Å²) in [5.41, 5.74) is 1.38. The molecule has 8 heteroatoms. The van der Waals surface area contributed by atoms with E-state index >= 15 is 0 Å². The lowest BCUT2D eigenvalue weighted by Gasteiger charge is -1.99. The summed E-state index contributed by atoms with van der Waals surface area (Å²) in [6.45, 7) is 0. The Balaban J connectivity index is 2.18. The molecule has 0 aliphatic heterocycles. The molecule has 0 saturated carbocycles. The highest BCUT2D eigenvalue weighted by Crippen LogP contribution is 2.23. The van der Waals surface area contributed by atoms with E-state index in [4.69, 9.17) is 0 Å². The van der Waals surface area contributed by atoms with Gasteiger partial charge in [0.25, 0.3) is 5.69 Å². The molecule has 3 rings (SSSR count). The quantitative estimate of drug-likeness (QED) is 0.536. The highest BCUT2D eigenvalue weighted by atomic mass is 16.6. The minimum absolute atomic E-state index is 0.0251. The van der Waals surface area contributed by atoms with E-state index in [1.807, 2.05) is 0 Å². The van der Waals surface area contributed by atoms with E-state index in [-0.39, 0.29) is 5.69 Å². The van der Waals surface area contributed by atoms with Crippen LogP contribution >= 0.6 is 0 Å². The maximum atomic E-state index is 10.7. The van der Waals surface area contributed by atoms with Gasteiger partial charge >= 0.3 is 0 Å². The zero-order valence-corrected chi connectivity index (χ0v) is 8.94. The topological polar surface area (TPSA) is 110 Å². The number of nitrogens with zero attached hydrogens (tertiary/aromatic N) is 5. The van der Waals surface area contributed by atoms with E-state index in [2.05, 4.69) is 25.6 Å². The Morgan fingerprint density at radius 1 is 1.28 bits per heavy atom. The van der Waals surface area contributed by atoms with Crippen LogP contribution in [0.5, 0.6) is 0 Å². The Kier molecular flexibility index (Phi) is 2.19. The second-order valence-corrected chi connectivity index (χ2v) is 3.61. The molecule has 88 valence electrons. The molecular formula is C10H6N6O2. The Bertz CT molecular complexity index is 724. The molecule has 0 saturated heterocycles. The molecule has 0 spiro atoms. The van der Waals surface area contributed by atoms with Crippen LogP contribution < -0.4 is 0 Å². The lowest BCUT2D eigenvalue weighted by atomic mass is 10.1. The molecule has 8 nitrogen and oxygen atoms in total. The van der Waals surface area contributed by atoms with Gasteiger partial charge in [0.1, 0.15) is 0 Å². The Morgan fingerprint density at radius 2 is 2.17 bits per heavy atom. The van der Waals surface area contributed by atoms with E-state index in [0.717, 1.165) is 0 Å². The molecule has 18 heavy (non-hydrogen) atoms. The Hall–Kier alpha value is -2.90. The molecule has 0 amide bonds. The number of hydrogen-bond donors (Lipinski definition) is 1. The number of hydrogen-bond acceptors (Lipinski definition) is 6. The summed E-state index contributed by atoms with van der Waals surface area (Å²) >= 11 is 0. The Morgan fingerprint density at radius 3 is 2.89 bits per heavy atom. The van der Waals surface area contributed by atoms with Gasteiger partial charge < -0.3 is 0 Å². The van der Waals surface area contributed by atoms with Crippen LogP contribution in [0.1, 0.15) is 0 Å². The van der Waals surface area contributed by atoms with Crippen molar-refractivity contribution in [2.45, 2.75) is 0 Å². The van der Waals surface area contributed by atoms with Gasteiger partial charge in [0, 0.05) is 29.3 Å². The van der Waals surface area contributed by atoms with Crippen molar-refractivity contribution >= 4 is 16.6 Å². The maximum Gasteiger partial charge on any atom is 0.270 e. The third-order valence-electron chi connectivity index (χ3n) is 2.49. The summed E-state index contributed by atoms with van der Waals surface area (Å²) in [5, 5.41) is 24.7. The predicted molar refractivity (Wildman–Crippen MR) is 61.6 cm³/mol. The molecule has 0 aliphatic rings. The van der Waals surface area contributed by atoms with E-state index in [0.29, 0.717) is 22.3 Å². The van der Waals surface area contributed by atoms with E-state index < -0.39 is 4.92 Å². The second-order valence-electron chi connectivity index (χ2n) is 3.61. The van der Waals surface area contributed by atoms with Crippen LogP contribution in [0.15, 0.2) is 30.5 Å². The third kappa shape index (κ3) is 1.65. The molecule has 0 fully saturated rings. The first-order valence-electron chi connectivity index (χ1n) is 5.02. The van der Waals surface area contributed by atoms with Gasteiger partial charge in [-0.25, -0.2) is 5.10 Å². The van der Waals surface area contributed by atoms with Crippen LogP contribution in [-0.4, -0.2) is 30.5 Å². The number of H-pyrrole nitrogens is 1. The van der Waals surface area contributed by atoms with Crippen LogP contribution in [-0.2, 0) is 0 Å². The fourth-order valence-electron chi connectivity index (χ4n) is 1.64. The standard InChI is InChI=1S/C10H6N6O2/c17-16(18)8-1-2-9-6(4-8)3-7(5-11-9)10-12-14-15-13-10/h1-5H,(H,12,13,14,15). The zero-order chi connectivity index (χ0) is 12.5. The van der Waals surface area contributed by atoms with Crippen LogP contribution in [0, 0.1) is 10.1 Å². The molecule has 0 bridgehead atoms. The molecule has 0 radical (unpaired) electrons. The van der Waals surface area contributed by atoms with E-state index in [1.165, 1.54) is 12.1 Å². The number of aromatic nitrogens is 5. The minimum Gasteiger partial charge on any atom is -0.258 e. The fourth-order valence-corrected chi connectivity index (χ4v) is 1.64. The summed E-state index contributed by atoms with van der Waals surface area (Å²) in [5.74, 6) is 0.468. The number of rotatable bonds is 2. The number of nitro benzene ring substituents is 1. The molecule has 1 N–H and O–H groups in total. The van der Waals surface area contributed by atoms with Crippen molar-refractivity contribution in [3.63, 3.8) is 0 Å². The van der Waals surface area contributed by atoms with Gasteiger partial charge in [-0.15, -0.1) is 5.10 Å². The van der Waals surface area contributed by atoms with Crippen molar-refractivity contribution in [3.05, 3.63) is 40.6 Å². The van der Waals surface area contributed by atoms with Crippen LogP contribution in [0.25, 0.3) is 22.3 Å². The number of fused-ring (bicyclic) bond motifs is 1.